The van der Waals surface area contributed by atoms with Crippen LogP contribution in [0.5, 0.6) is 0 Å². The Bertz CT molecular complexity index is 807. The van der Waals surface area contributed by atoms with E-state index in [0.29, 0.717) is 6.54 Å². The highest BCUT2D eigenvalue weighted by Gasteiger charge is 2.43. The minimum Gasteiger partial charge on any atom is -0.357 e. The first-order valence-electron chi connectivity index (χ1n) is 11.1. The van der Waals surface area contributed by atoms with Gasteiger partial charge in [0.15, 0.2) is 5.96 Å². The van der Waals surface area contributed by atoms with Crippen molar-refractivity contribution in [3.63, 3.8) is 0 Å². The number of nitrogens with one attached hydrogen (secondary N) is 2. The first-order chi connectivity index (χ1) is 14.3. The smallest absolute Gasteiger partial charge is 0.191 e. The molecule has 0 unspecified atom stereocenters. The average Bonchev–Trinajstić information content (AvgIpc) is 3.58. The van der Waals surface area contributed by atoms with Gasteiger partial charge in [0.05, 0.1) is 6.54 Å². The third-order valence-electron chi connectivity index (χ3n) is 6.09. The molecular weight excluding hydrogens is 358 g/mol. The molecule has 1 saturated carbocycles. The lowest BCUT2D eigenvalue weighted by molar-refractivity contribution is 0.573. The molecule has 2 fully saturated rings. The van der Waals surface area contributed by atoms with Gasteiger partial charge < -0.3 is 15.5 Å². The van der Waals surface area contributed by atoms with E-state index < -0.39 is 0 Å². The van der Waals surface area contributed by atoms with Crippen LogP contribution in [0.25, 0.3) is 0 Å². The van der Waals surface area contributed by atoms with Crippen molar-refractivity contribution < 1.29 is 0 Å². The van der Waals surface area contributed by atoms with E-state index in [-0.39, 0.29) is 5.41 Å². The molecule has 1 aromatic carbocycles. The van der Waals surface area contributed by atoms with Crippen LogP contribution < -0.4 is 15.5 Å². The number of piperidine rings is 1. The molecule has 5 nitrogen and oxygen atoms in total. The SMILES string of the molecule is CCNC(=NCc1ccnc(N2CCCCC2)c1)NCC1(c2ccccc2)CC1. The van der Waals surface area contributed by atoms with Gasteiger partial charge in [-0.2, -0.15) is 0 Å². The van der Waals surface area contributed by atoms with E-state index in [1.165, 1.54) is 43.2 Å². The van der Waals surface area contributed by atoms with Crippen LogP contribution in [0.4, 0.5) is 5.82 Å². The molecule has 0 radical (unpaired) electrons. The minimum atomic E-state index is 0.273. The highest BCUT2D eigenvalue weighted by atomic mass is 15.2. The van der Waals surface area contributed by atoms with Crippen molar-refractivity contribution in [2.45, 2.75) is 51.0 Å². The normalized spacial score (nSPS) is 18.4. The zero-order valence-electron chi connectivity index (χ0n) is 17.5. The summed E-state index contributed by atoms with van der Waals surface area (Å²) in [5, 5.41) is 6.98. The summed E-state index contributed by atoms with van der Waals surface area (Å²) in [6.45, 7) is 6.80. The van der Waals surface area contributed by atoms with Gasteiger partial charge in [-0.05, 0) is 62.3 Å². The first kappa shape index (κ1) is 19.7. The standard InChI is InChI=1S/C24H33N5/c1-2-25-23(28-19-24(12-13-24)21-9-5-3-6-10-21)27-18-20-11-14-26-22(17-20)29-15-7-4-8-16-29/h3,5-6,9-11,14,17H,2,4,7-8,12-13,15-16,18-19H2,1H3,(H2,25,27,28). The number of nitrogens with zero attached hydrogens (tertiary/aromatic N) is 3. The minimum absolute atomic E-state index is 0.273. The van der Waals surface area contributed by atoms with E-state index >= 15 is 0 Å². The molecule has 0 atom stereocenters. The van der Waals surface area contributed by atoms with Gasteiger partial charge >= 0.3 is 0 Å². The average molecular weight is 392 g/mol. The summed E-state index contributed by atoms with van der Waals surface area (Å²) in [6, 6.07) is 15.1. The topological polar surface area (TPSA) is 52.6 Å². The Hall–Kier alpha value is -2.56. The fourth-order valence-electron chi connectivity index (χ4n) is 4.13. The Labute approximate surface area is 174 Å². The lowest BCUT2D eigenvalue weighted by Gasteiger charge is -2.27. The fourth-order valence-corrected chi connectivity index (χ4v) is 4.13. The second-order valence-electron chi connectivity index (χ2n) is 8.27. The summed E-state index contributed by atoms with van der Waals surface area (Å²) >= 11 is 0. The second-order valence-corrected chi connectivity index (χ2v) is 8.27. The zero-order valence-corrected chi connectivity index (χ0v) is 17.5. The van der Waals surface area contributed by atoms with Gasteiger partial charge in [0, 0.05) is 37.8 Å². The van der Waals surface area contributed by atoms with Crippen molar-refractivity contribution in [1.82, 2.24) is 15.6 Å². The largest absolute Gasteiger partial charge is 0.357 e. The molecule has 0 bridgehead atoms. The van der Waals surface area contributed by atoms with Crippen LogP contribution in [0.2, 0.25) is 0 Å². The van der Waals surface area contributed by atoms with Crippen LogP contribution in [0.1, 0.15) is 50.2 Å². The van der Waals surface area contributed by atoms with Crippen LogP contribution in [0.3, 0.4) is 0 Å². The van der Waals surface area contributed by atoms with Crippen molar-refractivity contribution in [2.75, 3.05) is 31.1 Å². The summed E-state index contributed by atoms with van der Waals surface area (Å²) in [6.07, 6.45) is 8.27. The molecule has 0 amide bonds. The maximum Gasteiger partial charge on any atom is 0.191 e. The Morgan fingerprint density at radius 1 is 1.07 bits per heavy atom. The zero-order chi connectivity index (χ0) is 19.9. The molecule has 1 aliphatic carbocycles. The Morgan fingerprint density at radius 2 is 1.86 bits per heavy atom. The summed E-state index contributed by atoms with van der Waals surface area (Å²) in [5.41, 5.74) is 2.92. The van der Waals surface area contributed by atoms with Gasteiger partial charge in [-0.15, -0.1) is 0 Å². The molecule has 2 aromatic rings. The molecular formula is C24H33N5. The van der Waals surface area contributed by atoms with Crippen molar-refractivity contribution in [2.24, 2.45) is 4.99 Å². The number of pyridine rings is 1. The maximum absolute atomic E-state index is 4.84. The first-order valence-corrected chi connectivity index (χ1v) is 11.1. The number of anilines is 1. The number of hydrogen-bond donors (Lipinski definition) is 2. The van der Waals surface area contributed by atoms with Crippen LogP contribution in [0.15, 0.2) is 53.7 Å². The van der Waals surface area contributed by atoms with Gasteiger partial charge in [0.2, 0.25) is 0 Å². The molecule has 0 spiro atoms. The molecule has 2 heterocycles. The van der Waals surface area contributed by atoms with Crippen LogP contribution >= 0.6 is 0 Å². The van der Waals surface area contributed by atoms with Gasteiger partial charge in [-0.25, -0.2) is 9.98 Å². The van der Waals surface area contributed by atoms with Crippen molar-refractivity contribution >= 4 is 11.8 Å². The Balaban J connectivity index is 1.38. The molecule has 2 N–H and O–H groups in total. The lowest BCUT2D eigenvalue weighted by Crippen LogP contribution is -2.41. The number of guanidine groups is 1. The second kappa shape index (κ2) is 9.29. The Kier molecular flexibility index (Phi) is 6.33. The van der Waals surface area contributed by atoms with Crippen molar-refractivity contribution in [3.05, 3.63) is 59.8 Å². The molecule has 154 valence electrons. The molecule has 1 saturated heterocycles. The fraction of sp³-hybridized carbons (Fsp3) is 0.500. The van der Waals surface area contributed by atoms with E-state index in [1.54, 1.807) is 0 Å². The molecule has 4 rings (SSSR count). The van der Waals surface area contributed by atoms with Crippen LogP contribution in [-0.4, -0.2) is 37.1 Å². The number of aliphatic imine (C=N–C) groups is 1. The highest BCUT2D eigenvalue weighted by molar-refractivity contribution is 5.80. The quantitative estimate of drug-likeness (QED) is 0.556. The van der Waals surface area contributed by atoms with Gasteiger partial charge in [-0.1, -0.05) is 30.3 Å². The van der Waals surface area contributed by atoms with Crippen molar-refractivity contribution in [1.29, 1.82) is 0 Å². The van der Waals surface area contributed by atoms with Crippen molar-refractivity contribution in [3.8, 4) is 0 Å². The van der Waals surface area contributed by atoms with E-state index in [0.717, 1.165) is 38.0 Å². The third kappa shape index (κ3) is 5.08. The number of rotatable bonds is 7. The van der Waals surface area contributed by atoms with Gasteiger partial charge in [0.25, 0.3) is 0 Å². The monoisotopic (exact) mass is 391 g/mol. The van der Waals surface area contributed by atoms with Gasteiger partial charge in [-0.3, -0.25) is 0 Å². The van der Waals surface area contributed by atoms with E-state index in [4.69, 9.17) is 4.99 Å². The summed E-state index contributed by atoms with van der Waals surface area (Å²) in [7, 11) is 0. The molecule has 29 heavy (non-hydrogen) atoms. The molecule has 1 aromatic heterocycles. The molecule has 1 aliphatic heterocycles. The number of aromatic nitrogens is 1. The summed E-state index contributed by atoms with van der Waals surface area (Å²) in [4.78, 5) is 11.8. The van der Waals surface area contributed by atoms with E-state index in [9.17, 15) is 0 Å². The van der Waals surface area contributed by atoms with Gasteiger partial charge in [0.1, 0.15) is 5.82 Å². The van der Waals surface area contributed by atoms with Crippen LogP contribution in [-0.2, 0) is 12.0 Å². The maximum atomic E-state index is 4.84. The highest BCUT2D eigenvalue weighted by Crippen LogP contribution is 2.47. The van der Waals surface area contributed by atoms with E-state index in [2.05, 4.69) is 69.9 Å². The summed E-state index contributed by atoms with van der Waals surface area (Å²) < 4.78 is 0. The number of hydrogen-bond acceptors (Lipinski definition) is 3. The summed E-state index contributed by atoms with van der Waals surface area (Å²) in [5.74, 6) is 1.99. The molecule has 5 heteroatoms. The Morgan fingerprint density at radius 3 is 2.59 bits per heavy atom. The predicted octanol–water partition coefficient (Wildman–Crippen LogP) is 3.86. The predicted molar refractivity (Wildman–Crippen MR) is 120 cm³/mol. The van der Waals surface area contributed by atoms with E-state index in [1.807, 2.05) is 6.20 Å². The third-order valence-corrected chi connectivity index (χ3v) is 6.09. The lowest BCUT2D eigenvalue weighted by atomic mass is 9.96. The van der Waals surface area contributed by atoms with Crippen LogP contribution in [0, 0.1) is 0 Å². The number of benzene rings is 1. The molecule has 2 aliphatic rings.